The SMILES string of the molecule is Cc1ccc(Cl)c2sc(N(CC3CCCO3)C(=O)C3CCCN3S(=O)(=O)c3ccc(F)cc3)nc12. The van der Waals surface area contributed by atoms with Crippen molar-refractivity contribution in [3.05, 3.63) is 52.8 Å². The molecule has 11 heteroatoms. The Morgan fingerprint density at radius 3 is 2.69 bits per heavy atom. The molecule has 3 aromatic rings. The van der Waals surface area contributed by atoms with E-state index in [-0.39, 0.29) is 30.0 Å². The third kappa shape index (κ3) is 4.70. The molecule has 0 aliphatic carbocycles. The van der Waals surface area contributed by atoms with E-state index in [4.69, 9.17) is 21.3 Å². The first-order valence-corrected chi connectivity index (χ1v) is 14.1. The Labute approximate surface area is 212 Å². The van der Waals surface area contributed by atoms with Gasteiger partial charge in [0.15, 0.2) is 5.13 Å². The molecular formula is C24H25ClFN3O4S2. The molecule has 7 nitrogen and oxygen atoms in total. The number of benzene rings is 2. The van der Waals surface area contributed by atoms with Gasteiger partial charge in [0.1, 0.15) is 11.9 Å². The van der Waals surface area contributed by atoms with Gasteiger partial charge in [-0.1, -0.05) is 29.0 Å². The van der Waals surface area contributed by atoms with Crippen LogP contribution < -0.4 is 4.90 Å². The maximum Gasteiger partial charge on any atom is 0.247 e. The number of halogens is 2. The summed E-state index contributed by atoms with van der Waals surface area (Å²) in [5, 5.41) is 1.03. The van der Waals surface area contributed by atoms with Gasteiger partial charge >= 0.3 is 0 Å². The van der Waals surface area contributed by atoms with E-state index in [1.807, 2.05) is 13.0 Å². The van der Waals surface area contributed by atoms with Crippen LogP contribution in [-0.4, -0.2) is 55.5 Å². The topological polar surface area (TPSA) is 79.8 Å². The first-order valence-electron chi connectivity index (χ1n) is 11.5. The molecule has 0 radical (unpaired) electrons. The number of amides is 1. The standard InChI is InChI=1S/C24H25ClFN3O4S2/c1-15-6-11-19(25)22-21(15)27-24(34-22)28(14-17-4-3-13-33-17)23(30)20-5-2-12-29(20)35(31,32)18-9-7-16(26)8-10-18/h6-11,17,20H,2-5,12-14H2,1H3. The Morgan fingerprint density at radius 1 is 1.23 bits per heavy atom. The van der Waals surface area contributed by atoms with E-state index < -0.39 is 21.9 Å². The second-order valence-corrected chi connectivity index (χ2v) is 12.1. The fourth-order valence-electron chi connectivity index (χ4n) is 4.66. The number of sulfonamides is 1. The van der Waals surface area contributed by atoms with Crippen LogP contribution in [-0.2, 0) is 19.6 Å². The molecule has 0 bridgehead atoms. The third-order valence-corrected chi connectivity index (χ3v) is 9.96. The summed E-state index contributed by atoms with van der Waals surface area (Å²) in [5.41, 5.74) is 1.67. The number of ether oxygens (including phenoxy) is 1. The van der Waals surface area contributed by atoms with Gasteiger partial charge in [0.25, 0.3) is 0 Å². The first-order chi connectivity index (χ1) is 16.8. The number of carbonyl (C=O) groups excluding carboxylic acids is 1. The summed E-state index contributed by atoms with van der Waals surface area (Å²) in [5.74, 6) is -0.859. The summed E-state index contributed by atoms with van der Waals surface area (Å²) in [4.78, 5) is 20.2. The zero-order valence-corrected chi connectivity index (χ0v) is 21.5. The fraction of sp³-hybridized carbons (Fsp3) is 0.417. The van der Waals surface area contributed by atoms with Crippen molar-refractivity contribution in [3.63, 3.8) is 0 Å². The Balaban J connectivity index is 1.51. The first kappa shape index (κ1) is 24.6. The molecular weight excluding hydrogens is 513 g/mol. The normalized spacial score (nSPS) is 21.1. The number of nitrogens with zero attached hydrogens (tertiary/aromatic N) is 3. The lowest BCUT2D eigenvalue weighted by Crippen LogP contribution is -2.49. The quantitative estimate of drug-likeness (QED) is 0.453. The molecule has 1 amide bonds. The van der Waals surface area contributed by atoms with Crippen LogP contribution in [0.25, 0.3) is 10.2 Å². The van der Waals surface area contributed by atoms with E-state index in [0.717, 1.165) is 40.8 Å². The van der Waals surface area contributed by atoms with Gasteiger partial charge in [-0.25, -0.2) is 17.8 Å². The molecule has 2 unspecified atom stereocenters. The van der Waals surface area contributed by atoms with Crippen LogP contribution in [0.15, 0.2) is 41.3 Å². The van der Waals surface area contributed by atoms with E-state index in [0.29, 0.717) is 29.6 Å². The maximum atomic E-state index is 14.0. The molecule has 0 saturated carbocycles. The third-order valence-electron chi connectivity index (χ3n) is 6.50. The molecule has 5 rings (SSSR count). The van der Waals surface area contributed by atoms with Gasteiger partial charge in [-0.2, -0.15) is 4.31 Å². The molecule has 2 aliphatic rings. The molecule has 1 aromatic heterocycles. The van der Waals surface area contributed by atoms with Crippen molar-refractivity contribution in [1.29, 1.82) is 0 Å². The van der Waals surface area contributed by atoms with Crippen LogP contribution in [0.2, 0.25) is 5.02 Å². The highest BCUT2D eigenvalue weighted by molar-refractivity contribution is 7.89. The minimum Gasteiger partial charge on any atom is -0.376 e. The van der Waals surface area contributed by atoms with Gasteiger partial charge < -0.3 is 4.74 Å². The average molecular weight is 538 g/mol. The van der Waals surface area contributed by atoms with Crippen molar-refractivity contribution < 1.29 is 22.3 Å². The minimum atomic E-state index is -3.98. The number of hydrogen-bond acceptors (Lipinski definition) is 6. The van der Waals surface area contributed by atoms with Crippen molar-refractivity contribution in [2.45, 2.75) is 49.6 Å². The minimum absolute atomic E-state index is 0.0355. The summed E-state index contributed by atoms with van der Waals surface area (Å²) in [6.45, 7) is 3.07. The van der Waals surface area contributed by atoms with E-state index in [9.17, 15) is 17.6 Å². The molecule has 0 N–H and O–H groups in total. The Kier molecular flexibility index (Phi) is 6.84. The van der Waals surface area contributed by atoms with Crippen molar-refractivity contribution in [1.82, 2.24) is 9.29 Å². The zero-order valence-electron chi connectivity index (χ0n) is 19.1. The van der Waals surface area contributed by atoms with Crippen LogP contribution in [0.5, 0.6) is 0 Å². The fourth-order valence-corrected chi connectivity index (χ4v) is 7.64. The highest BCUT2D eigenvalue weighted by Crippen LogP contribution is 2.37. The second kappa shape index (κ2) is 9.74. The van der Waals surface area contributed by atoms with E-state index >= 15 is 0 Å². The number of rotatable bonds is 6. The summed E-state index contributed by atoms with van der Waals surface area (Å²) in [7, 11) is -3.98. The number of aryl methyl sites for hydroxylation is 1. The number of hydrogen-bond donors (Lipinski definition) is 0. The molecule has 2 fully saturated rings. The lowest BCUT2D eigenvalue weighted by molar-refractivity contribution is -0.122. The van der Waals surface area contributed by atoms with Gasteiger partial charge in [0.2, 0.25) is 15.9 Å². The van der Waals surface area contributed by atoms with Crippen molar-refractivity contribution in [2.75, 3.05) is 24.6 Å². The average Bonchev–Trinajstić information content (AvgIpc) is 3.60. The molecule has 2 atom stereocenters. The monoisotopic (exact) mass is 537 g/mol. The molecule has 186 valence electrons. The van der Waals surface area contributed by atoms with Gasteiger partial charge in [0.05, 0.1) is 32.8 Å². The molecule has 2 saturated heterocycles. The van der Waals surface area contributed by atoms with E-state index in [1.165, 1.54) is 27.8 Å². The molecule has 35 heavy (non-hydrogen) atoms. The van der Waals surface area contributed by atoms with Gasteiger partial charge in [-0.3, -0.25) is 9.69 Å². The zero-order chi connectivity index (χ0) is 24.7. The van der Waals surface area contributed by atoms with Crippen molar-refractivity contribution >= 4 is 54.2 Å². The van der Waals surface area contributed by atoms with Crippen LogP contribution in [0.4, 0.5) is 9.52 Å². The number of aromatic nitrogens is 1. The molecule has 3 heterocycles. The Hall–Kier alpha value is -2.11. The highest BCUT2D eigenvalue weighted by Gasteiger charge is 2.42. The summed E-state index contributed by atoms with van der Waals surface area (Å²) in [6.07, 6.45) is 2.52. The van der Waals surface area contributed by atoms with Crippen LogP contribution in [0.3, 0.4) is 0 Å². The predicted molar refractivity (Wildman–Crippen MR) is 134 cm³/mol. The summed E-state index contributed by atoms with van der Waals surface area (Å²) < 4.78 is 48.0. The lowest BCUT2D eigenvalue weighted by atomic mass is 10.2. The van der Waals surface area contributed by atoms with Crippen LogP contribution in [0.1, 0.15) is 31.2 Å². The van der Waals surface area contributed by atoms with Crippen molar-refractivity contribution in [2.24, 2.45) is 0 Å². The largest absolute Gasteiger partial charge is 0.376 e. The Bertz CT molecular complexity index is 1320. The van der Waals surface area contributed by atoms with Crippen molar-refractivity contribution in [3.8, 4) is 0 Å². The van der Waals surface area contributed by atoms with Gasteiger partial charge in [-0.15, -0.1) is 0 Å². The number of fused-ring (bicyclic) bond motifs is 1. The van der Waals surface area contributed by atoms with Crippen LogP contribution >= 0.6 is 22.9 Å². The van der Waals surface area contributed by atoms with E-state index in [1.54, 1.807) is 11.0 Å². The molecule has 2 aliphatic heterocycles. The summed E-state index contributed by atoms with van der Waals surface area (Å²) in [6, 6.07) is 7.48. The van der Waals surface area contributed by atoms with Crippen LogP contribution in [0, 0.1) is 12.7 Å². The van der Waals surface area contributed by atoms with Gasteiger partial charge in [0, 0.05) is 13.2 Å². The molecule has 0 spiro atoms. The maximum absolute atomic E-state index is 14.0. The lowest BCUT2D eigenvalue weighted by Gasteiger charge is -2.29. The van der Waals surface area contributed by atoms with E-state index in [2.05, 4.69) is 0 Å². The Morgan fingerprint density at radius 2 is 2.00 bits per heavy atom. The predicted octanol–water partition coefficient (Wildman–Crippen LogP) is 4.76. The summed E-state index contributed by atoms with van der Waals surface area (Å²) >= 11 is 7.73. The highest BCUT2D eigenvalue weighted by atomic mass is 35.5. The molecule has 2 aromatic carbocycles. The number of thiazole rings is 1. The smallest absolute Gasteiger partial charge is 0.247 e. The number of anilines is 1. The van der Waals surface area contributed by atoms with Gasteiger partial charge in [-0.05, 0) is 68.5 Å². The number of carbonyl (C=O) groups is 1. The second-order valence-electron chi connectivity index (χ2n) is 8.85.